The number of benzene rings is 2. The fraction of sp³-hybridized carbons (Fsp3) is 0.208. The quantitative estimate of drug-likeness (QED) is 0.359. The molecular weight excluding hydrogens is 390 g/mol. The van der Waals surface area contributed by atoms with E-state index in [1.54, 1.807) is 13.2 Å². The predicted octanol–water partition coefficient (Wildman–Crippen LogP) is 4.09. The molecule has 0 spiro atoms. The van der Waals surface area contributed by atoms with Crippen LogP contribution in [-0.2, 0) is 4.79 Å². The molecule has 7 heteroatoms. The maximum atomic E-state index is 12.0. The van der Waals surface area contributed by atoms with E-state index in [1.807, 2.05) is 68.4 Å². The van der Waals surface area contributed by atoms with Crippen LogP contribution in [0.3, 0.4) is 0 Å². The Morgan fingerprint density at radius 1 is 1.00 bits per heavy atom. The first-order chi connectivity index (χ1) is 15.0. The third-order valence-electron chi connectivity index (χ3n) is 4.43. The van der Waals surface area contributed by atoms with E-state index in [0.29, 0.717) is 24.9 Å². The van der Waals surface area contributed by atoms with Gasteiger partial charge in [-0.15, -0.1) is 0 Å². The van der Waals surface area contributed by atoms with Crippen LogP contribution in [0.2, 0.25) is 0 Å². The normalized spacial score (nSPS) is 10.7. The highest BCUT2D eigenvalue weighted by molar-refractivity contribution is 5.91. The first-order valence-electron chi connectivity index (χ1n) is 10.0. The van der Waals surface area contributed by atoms with E-state index in [9.17, 15) is 4.79 Å². The Morgan fingerprint density at radius 3 is 2.45 bits per heavy atom. The molecule has 3 N–H and O–H groups in total. The van der Waals surface area contributed by atoms with Crippen LogP contribution in [0.4, 0.5) is 17.5 Å². The molecule has 31 heavy (non-hydrogen) atoms. The molecule has 0 atom stereocenters. The van der Waals surface area contributed by atoms with Crippen molar-refractivity contribution in [2.75, 3.05) is 30.8 Å². The SMILES string of the molecule is COc1ccc(/C=C/C(=O)NCCNc2nc(C)cc(Nc3ccc(C)cc3)n2)cc1. The molecule has 3 rings (SSSR count). The number of amides is 1. The lowest BCUT2D eigenvalue weighted by molar-refractivity contribution is -0.116. The molecule has 2 aromatic carbocycles. The number of nitrogens with one attached hydrogen (secondary N) is 3. The van der Waals surface area contributed by atoms with Crippen molar-refractivity contribution < 1.29 is 9.53 Å². The topological polar surface area (TPSA) is 88.2 Å². The lowest BCUT2D eigenvalue weighted by Crippen LogP contribution is -2.27. The first-order valence-corrected chi connectivity index (χ1v) is 10.0. The average Bonchev–Trinajstić information content (AvgIpc) is 2.77. The van der Waals surface area contributed by atoms with Crippen molar-refractivity contribution >= 4 is 29.4 Å². The van der Waals surface area contributed by atoms with E-state index in [0.717, 1.165) is 22.7 Å². The number of aryl methyl sites for hydroxylation is 2. The van der Waals surface area contributed by atoms with Crippen LogP contribution >= 0.6 is 0 Å². The van der Waals surface area contributed by atoms with Gasteiger partial charge in [0.05, 0.1) is 7.11 Å². The van der Waals surface area contributed by atoms with Gasteiger partial charge >= 0.3 is 0 Å². The van der Waals surface area contributed by atoms with Crippen molar-refractivity contribution in [3.05, 3.63) is 77.5 Å². The number of nitrogens with zero attached hydrogens (tertiary/aromatic N) is 2. The Kier molecular flexibility index (Phi) is 7.59. The van der Waals surface area contributed by atoms with Crippen molar-refractivity contribution in [1.82, 2.24) is 15.3 Å². The highest BCUT2D eigenvalue weighted by Gasteiger charge is 2.03. The second-order valence-corrected chi connectivity index (χ2v) is 7.03. The van der Waals surface area contributed by atoms with E-state index in [2.05, 4.69) is 25.9 Å². The van der Waals surface area contributed by atoms with Crippen LogP contribution in [0.1, 0.15) is 16.8 Å². The van der Waals surface area contributed by atoms with Gasteiger partial charge < -0.3 is 20.7 Å². The maximum Gasteiger partial charge on any atom is 0.244 e. The van der Waals surface area contributed by atoms with E-state index >= 15 is 0 Å². The van der Waals surface area contributed by atoms with Gasteiger partial charge in [0.2, 0.25) is 11.9 Å². The van der Waals surface area contributed by atoms with E-state index in [-0.39, 0.29) is 5.91 Å². The van der Waals surface area contributed by atoms with Crippen LogP contribution in [0.5, 0.6) is 5.75 Å². The summed E-state index contributed by atoms with van der Waals surface area (Å²) in [6.07, 6.45) is 3.27. The first kappa shape index (κ1) is 21.8. The summed E-state index contributed by atoms with van der Waals surface area (Å²) in [4.78, 5) is 20.9. The van der Waals surface area contributed by atoms with Crippen molar-refractivity contribution in [2.24, 2.45) is 0 Å². The van der Waals surface area contributed by atoms with Gasteiger partial charge in [-0.05, 0) is 49.8 Å². The smallest absolute Gasteiger partial charge is 0.244 e. The molecule has 3 aromatic rings. The van der Waals surface area contributed by atoms with Crippen LogP contribution in [0, 0.1) is 13.8 Å². The third-order valence-corrected chi connectivity index (χ3v) is 4.43. The van der Waals surface area contributed by atoms with Crippen LogP contribution < -0.4 is 20.7 Å². The van der Waals surface area contributed by atoms with Gasteiger partial charge in [0.15, 0.2) is 0 Å². The summed E-state index contributed by atoms with van der Waals surface area (Å²) in [6.45, 7) is 4.92. The number of anilines is 3. The van der Waals surface area contributed by atoms with Gasteiger partial charge in [-0.3, -0.25) is 4.79 Å². The number of carbonyl (C=O) groups excluding carboxylic acids is 1. The van der Waals surface area contributed by atoms with Crippen molar-refractivity contribution in [3.8, 4) is 5.75 Å². The number of methoxy groups -OCH3 is 1. The van der Waals surface area contributed by atoms with E-state index in [4.69, 9.17) is 4.74 Å². The molecule has 0 fully saturated rings. The molecule has 0 bridgehead atoms. The Labute approximate surface area is 182 Å². The molecule has 1 aromatic heterocycles. The Morgan fingerprint density at radius 2 is 1.74 bits per heavy atom. The van der Waals surface area contributed by atoms with Gasteiger partial charge in [-0.25, -0.2) is 4.98 Å². The molecule has 0 radical (unpaired) electrons. The number of ether oxygens (including phenoxy) is 1. The van der Waals surface area contributed by atoms with Gasteiger partial charge in [0.25, 0.3) is 0 Å². The van der Waals surface area contributed by atoms with Gasteiger partial charge in [-0.1, -0.05) is 29.8 Å². The standard InChI is InChI=1S/C24H27N5O2/c1-17-4-9-20(10-5-17)28-22-16-18(2)27-24(29-22)26-15-14-25-23(30)13-8-19-6-11-21(31-3)12-7-19/h4-13,16H,14-15H2,1-3H3,(H,25,30)(H2,26,27,28,29)/b13-8+. The molecular formula is C24H27N5O2. The van der Waals surface area contributed by atoms with Crippen molar-refractivity contribution in [3.63, 3.8) is 0 Å². The molecule has 7 nitrogen and oxygen atoms in total. The minimum atomic E-state index is -0.162. The number of rotatable bonds is 9. The minimum Gasteiger partial charge on any atom is -0.497 e. The number of hydrogen-bond donors (Lipinski definition) is 3. The predicted molar refractivity (Wildman–Crippen MR) is 125 cm³/mol. The molecule has 0 saturated carbocycles. The zero-order chi connectivity index (χ0) is 22.1. The Hall–Kier alpha value is -3.87. The monoisotopic (exact) mass is 417 g/mol. The van der Waals surface area contributed by atoms with Crippen LogP contribution in [0.15, 0.2) is 60.7 Å². The summed E-state index contributed by atoms with van der Waals surface area (Å²) in [5.41, 5.74) is 3.94. The fourth-order valence-corrected chi connectivity index (χ4v) is 2.80. The van der Waals surface area contributed by atoms with E-state index in [1.165, 1.54) is 11.6 Å². The fourth-order valence-electron chi connectivity index (χ4n) is 2.80. The summed E-state index contributed by atoms with van der Waals surface area (Å²) in [6, 6.07) is 17.5. The molecule has 160 valence electrons. The zero-order valence-corrected chi connectivity index (χ0v) is 18.0. The Balaban J connectivity index is 1.46. The molecule has 0 aliphatic carbocycles. The largest absolute Gasteiger partial charge is 0.497 e. The Bertz CT molecular complexity index is 1030. The number of aromatic nitrogens is 2. The maximum absolute atomic E-state index is 12.0. The van der Waals surface area contributed by atoms with Crippen LogP contribution in [-0.4, -0.2) is 36.1 Å². The minimum absolute atomic E-state index is 0.162. The van der Waals surface area contributed by atoms with Gasteiger partial charge in [0, 0.05) is 36.6 Å². The number of carbonyl (C=O) groups is 1. The molecule has 0 saturated heterocycles. The van der Waals surface area contributed by atoms with Crippen molar-refractivity contribution in [2.45, 2.75) is 13.8 Å². The zero-order valence-electron chi connectivity index (χ0n) is 18.0. The molecule has 0 unspecified atom stereocenters. The number of hydrogen-bond acceptors (Lipinski definition) is 6. The van der Waals surface area contributed by atoms with Crippen molar-refractivity contribution in [1.29, 1.82) is 0 Å². The van der Waals surface area contributed by atoms with Gasteiger partial charge in [0.1, 0.15) is 11.6 Å². The highest BCUT2D eigenvalue weighted by Crippen LogP contribution is 2.17. The second-order valence-electron chi connectivity index (χ2n) is 7.03. The second kappa shape index (κ2) is 10.8. The molecule has 0 aliphatic heterocycles. The summed E-state index contributed by atoms with van der Waals surface area (Å²) in [5, 5.41) is 9.27. The molecule has 0 aliphatic rings. The van der Waals surface area contributed by atoms with Crippen LogP contribution in [0.25, 0.3) is 6.08 Å². The molecule has 1 heterocycles. The summed E-state index contributed by atoms with van der Waals surface area (Å²) in [5.74, 6) is 1.84. The third kappa shape index (κ3) is 7.15. The lowest BCUT2D eigenvalue weighted by Gasteiger charge is -2.10. The summed E-state index contributed by atoms with van der Waals surface area (Å²) < 4.78 is 5.12. The lowest BCUT2D eigenvalue weighted by atomic mass is 10.2. The summed E-state index contributed by atoms with van der Waals surface area (Å²) in [7, 11) is 1.62. The van der Waals surface area contributed by atoms with E-state index < -0.39 is 0 Å². The van der Waals surface area contributed by atoms with Gasteiger partial charge in [-0.2, -0.15) is 4.98 Å². The highest BCUT2D eigenvalue weighted by atomic mass is 16.5. The molecule has 1 amide bonds. The average molecular weight is 418 g/mol. The summed E-state index contributed by atoms with van der Waals surface area (Å²) >= 11 is 0.